The summed E-state index contributed by atoms with van der Waals surface area (Å²) >= 11 is 0. The molecule has 4 saturated carbocycles. The topological polar surface area (TPSA) is 69.7 Å². The Bertz CT molecular complexity index is 1100. The summed E-state index contributed by atoms with van der Waals surface area (Å²) in [5.41, 5.74) is 0.648. The Balaban J connectivity index is 1.43. The number of carbonyl (C=O) groups is 1. The lowest BCUT2D eigenvalue weighted by molar-refractivity contribution is -0.187. The van der Waals surface area contributed by atoms with Gasteiger partial charge in [0.1, 0.15) is 0 Å². The Labute approximate surface area is 211 Å². The van der Waals surface area contributed by atoms with Crippen molar-refractivity contribution >= 4 is 16.1 Å². The highest BCUT2D eigenvalue weighted by molar-refractivity contribution is 7.86. The van der Waals surface area contributed by atoms with Crippen LogP contribution in [0, 0.1) is 40.4 Å². The SMILES string of the molecule is CCOC(=O)[C@]1(C)CCC[C@@]2(C)[C@@H]3CC[C@@]4(C)C[C@]3(CC[C@@H]21)C[C@H]4OS(=O)(=O)c1ccc(C)cc1. The van der Waals surface area contributed by atoms with Gasteiger partial charge in [-0.1, -0.05) is 38.0 Å². The lowest BCUT2D eigenvalue weighted by Gasteiger charge is -2.64. The van der Waals surface area contributed by atoms with Crippen molar-refractivity contribution in [2.75, 3.05) is 6.61 Å². The summed E-state index contributed by atoms with van der Waals surface area (Å²) < 4.78 is 38.1. The van der Waals surface area contributed by atoms with Gasteiger partial charge in [0, 0.05) is 0 Å². The summed E-state index contributed by atoms with van der Waals surface area (Å²) in [6.45, 7) is 11.1. The van der Waals surface area contributed by atoms with Crippen molar-refractivity contribution in [3.05, 3.63) is 29.8 Å². The van der Waals surface area contributed by atoms with E-state index in [4.69, 9.17) is 8.92 Å². The van der Waals surface area contributed by atoms with Crippen LogP contribution in [0.4, 0.5) is 0 Å². The first-order chi connectivity index (χ1) is 16.4. The minimum Gasteiger partial charge on any atom is -0.466 e. The van der Waals surface area contributed by atoms with Crippen LogP contribution in [-0.2, 0) is 23.8 Å². The third kappa shape index (κ3) is 3.80. The molecule has 0 heterocycles. The summed E-state index contributed by atoms with van der Waals surface area (Å²) in [6.07, 6.45) is 8.76. The van der Waals surface area contributed by atoms with Gasteiger partial charge in [-0.25, -0.2) is 0 Å². The molecule has 0 aliphatic heterocycles. The Morgan fingerprint density at radius 2 is 1.69 bits per heavy atom. The van der Waals surface area contributed by atoms with Crippen molar-refractivity contribution in [3.63, 3.8) is 0 Å². The van der Waals surface area contributed by atoms with E-state index in [0.29, 0.717) is 18.4 Å². The molecule has 0 unspecified atom stereocenters. The van der Waals surface area contributed by atoms with Crippen LogP contribution in [0.1, 0.15) is 91.0 Å². The number of fused-ring (bicyclic) bond motifs is 3. The normalized spacial score (nSPS) is 42.7. The second kappa shape index (κ2) is 8.31. The van der Waals surface area contributed by atoms with Gasteiger partial charge in [-0.2, -0.15) is 8.42 Å². The molecule has 7 atom stereocenters. The van der Waals surface area contributed by atoms with Gasteiger partial charge < -0.3 is 4.74 Å². The number of rotatable bonds is 5. The lowest BCUT2D eigenvalue weighted by atomic mass is 9.40. The summed E-state index contributed by atoms with van der Waals surface area (Å²) in [6, 6.07) is 6.95. The van der Waals surface area contributed by atoms with E-state index in [9.17, 15) is 13.2 Å². The van der Waals surface area contributed by atoms with E-state index >= 15 is 0 Å². The third-order valence-corrected chi connectivity index (χ3v) is 12.2. The molecule has 4 aliphatic carbocycles. The minimum absolute atomic E-state index is 0.0238. The summed E-state index contributed by atoms with van der Waals surface area (Å²) in [4.78, 5) is 13.4. The second-order valence-electron chi connectivity index (χ2n) is 12.9. The molecule has 0 radical (unpaired) electrons. The van der Waals surface area contributed by atoms with E-state index in [1.807, 2.05) is 26.0 Å². The van der Waals surface area contributed by atoms with Gasteiger partial charge in [-0.15, -0.1) is 0 Å². The molecule has 5 nitrogen and oxygen atoms in total. The van der Waals surface area contributed by atoms with Crippen molar-refractivity contribution in [1.29, 1.82) is 0 Å². The molecule has 2 bridgehead atoms. The molecule has 194 valence electrons. The monoisotopic (exact) mass is 502 g/mol. The van der Waals surface area contributed by atoms with Crippen molar-refractivity contribution in [1.82, 2.24) is 0 Å². The molecule has 35 heavy (non-hydrogen) atoms. The first-order valence-corrected chi connectivity index (χ1v) is 15.0. The van der Waals surface area contributed by atoms with E-state index in [0.717, 1.165) is 63.4 Å². The summed E-state index contributed by atoms with van der Waals surface area (Å²) in [5.74, 6) is 0.787. The van der Waals surface area contributed by atoms with Crippen LogP contribution in [-0.4, -0.2) is 27.1 Å². The zero-order chi connectivity index (χ0) is 25.3. The third-order valence-electron chi connectivity index (χ3n) is 10.9. The number of esters is 1. The molecule has 0 N–H and O–H groups in total. The molecule has 4 aliphatic rings. The quantitative estimate of drug-likeness (QED) is 0.342. The minimum atomic E-state index is -3.81. The van der Waals surface area contributed by atoms with Crippen molar-refractivity contribution in [2.45, 2.75) is 103 Å². The number of benzene rings is 1. The smallest absolute Gasteiger partial charge is 0.312 e. The predicted octanol–water partition coefficient (Wildman–Crippen LogP) is 6.44. The molecule has 0 amide bonds. The molecule has 1 aromatic rings. The molecule has 1 aromatic carbocycles. The van der Waals surface area contributed by atoms with Crippen LogP contribution in [0.15, 0.2) is 29.2 Å². The van der Waals surface area contributed by atoms with Crippen LogP contribution in [0.25, 0.3) is 0 Å². The first-order valence-electron chi connectivity index (χ1n) is 13.6. The Morgan fingerprint density at radius 1 is 1.00 bits per heavy atom. The molecular weight excluding hydrogens is 460 g/mol. The molecule has 1 spiro atoms. The Hall–Kier alpha value is -1.40. The predicted molar refractivity (Wildman–Crippen MR) is 135 cm³/mol. The van der Waals surface area contributed by atoms with Gasteiger partial charge >= 0.3 is 5.97 Å². The first kappa shape index (κ1) is 25.3. The van der Waals surface area contributed by atoms with Crippen molar-refractivity contribution in [3.8, 4) is 0 Å². The van der Waals surface area contributed by atoms with Gasteiger partial charge in [0.15, 0.2) is 0 Å². The lowest BCUT2D eigenvalue weighted by Crippen LogP contribution is -2.58. The fraction of sp³-hybridized carbons (Fsp3) is 0.759. The average molecular weight is 503 g/mol. The van der Waals surface area contributed by atoms with E-state index in [2.05, 4.69) is 20.8 Å². The summed E-state index contributed by atoms with van der Waals surface area (Å²) in [5, 5.41) is 0. The fourth-order valence-electron chi connectivity index (χ4n) is 9.31. The fourth-order valence-corrected chi connectivity index (χ4v) is 10.5. The van der Waals surface area contributed by atoms with E-state index in [1.165, 1.54) is 0 Å². The Kier molecular flexibility index (Phi) is 5.99. The highest BCUT2D eigenvalue weighted by atomic mass is 32.2. The van der Waals surface area contributed by atoms with Gasteiger partial charge in [-0.3, -0.25) is 8.98 Å². The standard InChI is InChI=1S/C29H42O5S/c1-6-33-25(30)28(5)15-7-14-27(4)22(28)13-17-29-18-24(26(3,19-29)16-12-23(27)29)34-35(31,32)21-10-8-20(2)9-11-21/h8-11,22-24H,6-7,12-19H2,1-5H3/t22-,23-,24+,26-,27+,28+,29-/m0/s1. The van der Waals surface area contributed by atoms with Gasteiger partial charge in [-0.05, 0) is 112 Å². The van der Waals surface area contributed by atoms with E-state index in [1.54, 1.807) is 12.1 Å². The Morgan fingerprint density at radius 3 is 2.37 bits per heavy atom. The number of hydrogen-bond donors (Lipinski definition) is 0. The van der Waals surface area contributed by atoms with Gasteiger partial charge in [0.25, 0.3) is 10.1 Å². The van der Waals surface area contributed by atoms with Crippen molar-refractivity contribution < 1.29 is 22.1 Å². The number of ether oxygens (including phenoxy) is 1. The van der Waals surface area contributed by atoms with Gasteiger partial charge in [0.2, 0.25) is 0 Å². The second-order valence-corrected chi connectivity index (χ2v) is 14.5. The maximum atomic E-state index is 13.2. The van der Waals surface area contributed by atoms with Crippen LogP contribution in [0.5, 0.6) is 0 Å². The molecule has 0 aromatic heterocycles. The molecule has 0 saturated heterocycles. The molecule has 6 heteroatoms. The maximum Gasteiger partial charge on any atom is 0.312 e. The van der Waals surface area contributed by atoms with Crippen LogP contribution < -0.4 is 0 Å². The number of hydrogen-bond acceptors (Lipinski definition) is 5. The maximum absolute atomic E-state index is 13.2. The van der Waals surface area contributed by atoms with E-state index < -0.39 is 15.5 Å². The van der Waals surface area contributed by atoms with Gasteiger partial charge in [0.05, 0.1) is 23.0 Å². The zero-order valence-corrected chi connectivity index (χ0v) is 22.9. The number of aryl methyl sites for hydroxylation is 1. The number of carbonyl (C=O) groups excluding carboxylic acids is 1. The largest absolute Gasteiger partial charge is 0.466 e. The highest BCUT2D eigenvalue weighted by Crippen LogP contribution is 2.74. The average Bonchev–Trinajstić information content (AvgIpc) is 2.98. The van der Waals surface area contributed by atoms with Crippen LogP contribution in [0.2, 0.25) is 0 Å². The highest BCUT2D eigenvalue weighted by Gasteiger charge is 2.68. The van der Waals surface area contributed by atoms with Crippen LogP contribution >= 0.6 is 0 Å². The zero-order valence-electron chi connectivity index (χ0n) is 22.1. The molecular formula is C29H42O5S. The van der Waals surface area contributed by atoms with E-state index in [-0.39, 0.29) is 33.2 Å². The molecule has 4 fully saturated rings. The van der Waals surface area contributed by atoms with Crippen molar-refractivity contribution in [2.24, 2.45) is 33.5 Å². The molecule has 5 rings (SSSR count). The summed E-state index contributed by atoms with van der Waals surface area (Å²) in [7, 11) is -3.81. The van der Waals surface area contributed by atoms with Crippen LogP contribution in [0.3, 0.4) is 0 Å².